The predicted octanol–water partition coefficient (Wildman–Crippen LogP) is 2.62. The number of hydrogen-bond donors (Lipinski definition) is 2. The van der Waals surface area contributed by atoms with Crippen LogP contribution in [0.1, 0.15) is 49.8 Å². The minimum atomic E-state index is -0.165. The zero-order chi connectivity index (χ0) is 15.7. The monoisotopic (exact) mass is 292 g/mol. The molecule has 0 bridgehead atoms. The fraction of sp³-hybridized carbons (Fsp3) is 0.500. The van der Waals surface area contributed by atoms with Crippen LogP contribution in [0.3, 0.4) is 0 Å². The molecule has 0 aliphatic carbocycles. The fourth-order valence-corrected chi connectivity index (χ4v) is 2.36. The van der Waals surface area contributed by atoms with E-state index in [1.807, 2.05) is 18.2 Å². The van der Waals surface area contributed by atoms with Crippen molar-refractivity contribution in [1.82, 2.24) is 0 Å². The number of carbonyl (C=O) groups excluding carboxylic acids is 1. The summed E-state index contributed by atoms with van der Waals surface area (Å²) in [6.45, 7) is 4.31. The summed E-state index contributed by atoms with van der Waals surface area (Å²) in [6, 6.07) is 5.78. The molecular formula is C16H24N2O3. The highest BCUT2D eigenvalue weighted by atomic mass is 16.5. The third kappa shape index (κ3) is 5.10. The van der Waals surface area contributed by atoms with Crippen LogP contribution < -0.4 is 5.73 Å². The summed E-state index contributed by atoms with van der Waals surface area (Å²) in [4.78, 5) is 11.4. The van der Waals surface area contributed by atoms with Crippen molar-refractivity contribution in [1.29, 1.82) is 0 Å². The Hall–Kier alpha value is -2.04. The molecule has 3 N–H and O–H groups in total. The molecule has 0 aliphatic heterocycles. The lowest BCUT2D eigenvalue weighted by molar-refractivity contribution is -0.143. The lowest BCUT2D eigenvalue weighted by Gasteiger charge is -2.13. The number of benzene rings is 1. The molecule has 0 atom stereocenters. The van der Waals surface area contributed by atoms with Crippen LogP contribution in [0.5, 0.6) is 0 Å². The summed E-state index contributed by atoms with van der Waals surface area (Å²) < 4.78 is 4.93. The van der Waals surface area contributed by atoms with Gasteiger partial charge in [0.25, 0.3) is 0 Å². The predicted molar refractivity (Wildman–Crippen MR) is 82.5 cm³/mol. The summed E-state index contributed by atoms with van der Waals surface area (Å²) in [6.07, 6.45) is 3.75. The van der Waals surface area contributed by atoms with Crippen LogP contribution in [-0.2, 0) is 22.4 Å². The molecule has 116 valence electrons. The lowest BCUT2D eigenvalue weighted by Crippen LogP contribution is -2.17. The van der Waals surface area contributed by atoms with Crippen molar-refractivity contribution < 1.29 is 14.7 Å². The number of ether oxygens (including phenoxy) is 1. The smallest absolute Gasteiger partial charge is 0.305 e. The first kappa shape index (κ1) is 17.0. The third-order valence-electron chi connectivity index (χ3n) is 3.29. The molecule has 5 nitrogen and oxygen atoms in total. The molecule has 1 rings (SSSR count). The molecule has 0 aliphatic rings. The van der Waals surface area contributed by atoms with Crippen molar-refractivity contribution in [2.24, 2.45) is 10.9 Å². The number of amidine groups is 1. The third-order valence-corrected chi connectivity index (χ3v) is 3.29. The van der Waals surface area contributed by atoms with Crippen LogP contribution in [-0.4, -0.2) is 23.6 Å². The van der Waals surface area contributed by atoms with Gasteiger partial charge in [-0.3, -0.25) is 4.79 Å². The van der Waals surface area contributed by atoms with E-state index in [1.165, 1.54) is 0 Å². The van der Waals surface area contributed by atoms with Gasteiger partial charge in [0.05, 0.1) is 6.61 Å². The Bertz CT molecular complexity index is 498. The van der Waals surface area contributed by atoms with Gasteiger partial charge in [-0.25, -0.2) is 0 Å². The highest BCUT2D eigenvalue weighted by Crippen LogP contribution is 2.19. The van der Waals surface area contributed by atoms with E-state index in [1.54, 1.807) is 6.92 Å². The summed E-state index contributed by atoms with van der Waals surface area (Å²) in [7, 11) is 0. The Balaban J connectivity index is 2.83. The molecule has 0 heterocycles. The van der Waals surface area contributed by atoms with Gasteiger partial charge in [0, 0.05) is 12.0 Å². The first-order valence-electron chi connectivity index (χ1n) is 7.38. The molecule has 1 aromatic rings. The number of aryl methyl sites for hydroxylation is 1. The number of hydrogen-bond acceptors (Lipinski definition) is 4. The fourth-order valence-electron chi connectivity index (χ4n) is 2.36. The molecule has 0 aromatic heterocycles. The van der Waals surface area contributed by atoms with Gasteiger partial charge in [0.2, 0.25) is 0 Å². The van der Waals surface area contributed by atoms with Gasteiger partial charge in [-0.2, -0.15) is 0 Å². The Kier molecular flexibility index (Phi) is 7.29. The number of esters is 1. The van der Waals surface area contributed by atoms with Crippen LogP contribution in [0.15, 0.2) is 23.4 Å². The van der Waals surface area contributed by atoms with Gasteiger partial charge in [0.15, 0.2) is 5.84 Å². The zero-order valence-electron chi connectivity index (χ0n) is 12.8. The van der Waals surface area contributed by atoms with Crippen LogP contribution >= 0.6 is 0 Å². The molecular weight excluding hydrogens is 268 g/mol. The summed E-state index contributed by atoms with van der Waals surface area (Å²) in [5.74, 6) is -0.0344. The van der Waals surface area contributed by atoms with Gasteiger partial charge >= 0.3 is 5.97 Å². The van der Waals surface area contributed by atoms with Gasteiger partial charge in [-0.15, -0.1) is 0 Å². The number of nitrogens with two attached hydrogens (primary N) is 1. The van der Waals surface area contributed by atoms with Crippen LogP contribution in [0.2, 0.25) is 0 Å². The average Bonchev–Trinajstić information content (AvgIpc) is 2.48. The molecule has 0 unspecified atom stereocenters. The SMILES string of the molecule is CCCc1c(CCCC(=O)OCC)cccc1/C(N)=N/O. The molecule has 0 fully saturated rings. The van der Waals surface area contributed by atoms with E-state index >= 15 is 0 Å². The van der Waals surface area contributed by atoms with Crippen molar-refractivity contribution in [3.05, 3.63) is 34.9 Å². The average molecular weight is 292 g/mol. The Labute approximate surface area is 125 Å². The van der Waals surface area contributed by atoms with E-state index in [9.17, 15) is 4.79 Å². The van der Waals surface area contributed by atoms with E-state index < -0.39 is 0 Å². The Morgan fingerprint density at radius 2 is 2.10 bits per heavy atom. The van der Waals surface area contributed by atoms with E-state index in [0.29, 0.717) is 13.0 Å². The summed E-state index contributed by atoms with van der Waals surface area (Å²) in [5, 5.41) is 12.0. The van der Waals surface area contributed by atoms with E-state index in [-0.39, 0.29) is 11.8 Å². The molecule has 5 heteroatoms. The molecule has 0 spiro atoms. The van der Waals surface area contributed by atoms with Gasteiger partial charge in [-0.1, -0.05) is 36.7 Å². The second-order valence-electron chi connectivity index (χ2n) is 4.84. The first-order chi connectivity index (χ1) is 10.1. The normalized spacial score (nSPS) is 11.4. The largest absolute Gasteiger partial charge is 0.466 e. The summed E-state index contributed by atoms with van der Waals surface area (Å²) in [5.41, 5.74) is 8.75. The quantitative estimate of drug-likeness (QED) is 0.253. The Morgan fingerprint density at radius 1 is 1.33 bits per heavy atom. The summed E-state index contributed by atoms with van der Waals surface area (Å²) >= 11 is 0. The molecule has 0 saturated heterocycles. The van der Waals surface area contributed by atoms with Crippen molar-refractivity contribution in [3.63, 3.8) is 0 Å². The van der Waals surface area contributed by atoms with Gasteiger partial charge in [0.1, 0.15) is 0 Å². The zero-order valence-corrected chi connectivity index (χ0v) is 12.8. The number of carbonyl (C=O) groups is 1. The highest BCUT2D eigenvalue weighted by molar-refractivity contribution is 5.98. The van der Waals surface area contributed by atoms with Gasteiger partial charge in [-0.05, 0) is 37.3 Å². The molecule has 0 saturated carbocycles. The molecule has 0 radical (unpaired) electrons. The maximum atomic E-state index is 11.4. The van der Waals surface area contributed by atoms with Crippen LogP contribution in [0, 0.1) is 0 Å². The second-order valence-corrected chi connectivity index (χ2v) is 4.84. The van der Waals surface area contributed by atoms with Crippen molar-refractivity contribution in [3.8, 4) is 0 Å². The van der Waals surface area contributed by atoms with E-state index in [0.717, 1.165) is 42.4 Å². The highest BCUT2D eigenvalue weighted by Gasteiger charge is 2.11. The van der Waals surface area contributed by atoms with Crippen LogP contribution in [0.25, 0.3) is 0 Å². The maximum Gasteiger partial charge on any atom is 0.305 e. The topological polar surface area (TPSA) is 84.9 Å². The molecule has 21 heavy (non-hydrogen) atoms. The van der Waals surface area contributed by atoms with Crippen molar-refractivity contribution in [2.75, 3.05) is 6.61 Å². The second kappa shape index (κ2) is 9.00. The van der Waals surface area contributed by atoms with E-state index in [4.69, 9.17) is 15.7 Å². The lowest BCUT2D eigenvalue weighted by atomic mass is 9.93. The molecule has 0 amide bonds. The number of rotatable bonds is 8. The van der Waals surface area contributed by atoms with Crippen molar-refractivity contribution >= 4 is 11.8 Å². The maximum absolute atomic E-state index is 11.4. The van der Waals surface area contributed by atoms with Crippen molar-refractivity contribution in [2.45, 2.75) is 46.0 Å². The number of nitrogens with zero attached hydrogens (tertiary/aromatic N) is 1. The van der Waals surface area contributed by atoms with Crippen LogP contribution in [0.4, 0.5) is 0 Å². The standard InChI is InChI=1S/C16H24N2O3/c1-3-7-13-12(9-6-11-15(19)21-4-2)8-5-10-14(13)16(17)18-20/h5,8,10,20H,3-4,6-7,9,11H2,1-2H3,(H2,17,18). The Morgan fingerprint density at radius 3 is 2.71 bits per heavy atom. The minimum absolute atomic E-state index is 0.130. The van der Waals surface area contributed by atoms with E-state index in [2.05, 4.69) is 12.1 Å². The molecule has 1 aromatic carbocycles. The first-order valence-corrected chi connectivity index (χ1v) is 7.38. The van der Waals surface area contributed by atoms with Gasteiger partial charge < -0.3 is 15.7 Å². The number of oxime groups is 1. The minimum Gasteiger partial charge on any atom is -0.466 e.